The minimum atomic E-state index is -4.69. The van der Waals surface area contributed by atoms with Crippen molar-refractivity contribution in [3.8, 4) is 0 Å². The maximum Gasteiger partial charge on any atom is 0.417 e. The van der Waals surface area contributed by atoms with Crippen LogP contribution in [0.2, 0.25) is 5.02 Å². The summed E-state index contributed by atoms with van der Waals surface area (Å²) in [4.78, 5) is 21.8. The molecule has 0 spiro atoms. The van der Waals surface area contributed by atoms with Crippen molar-refractivity contribution in [2.24, 2.45) is 11.6 Å². The third-order valence-electron chi connectivity index (χ3n) is 4.59. The van der Waals surface area contributed by atoms with E-state index in [4.69, 9.17) is 23.2 Å². The van der Waals surface area contributed by atoms with Crippen LogP contribution in [0.1, 0.15) is 28.0 Å². The molecule has 0 saturated carbocycles. The lowest BCUT2D eigenvalue weighted by molar-refractivity contribution is -0.137. The van der Waals surface area contributed by atoms with E-state index >= 15 is 0 Å². The molecule has 30 heavy (non-hydrogen) atoms. The topological polar surface area (TPSA) is 101 Å². The first-order chi connectivity index (χ1) is 14.0. The molecule has 2 heterocycles. The maximum absolute atomic E-state index is 13.4. The third-order valence-corrected chi connectivity index (χ3v) is 4.99. The molecule has 1 aromatic carbocycles. The van der Waals surface area contributed by atoms with E-state index in [1.807, 2.05) is 0 Å². The quantitative estimate of drug-likeness (QED) is 0.429. The minimum absolute atomic E-state index is 0.0209. The first-order valence-corrected chi connectivity index (χ1v) is 9.05. The highest BCUT2D eigenvalue weighted by atomic mass is 35.5. The summed E-state index contributed by atoms with van der Waals surface area (Å²) in [7, 11) is 0. The first-order valence-electron chi connectivity index (χ1n) is 8.67. The Kier molecular flexibility index (Phi) is 5.86. The van der Waals surface area contributed by atoms with E-state index < -0.39 is 28.5 Å². The van der Waals surface area contributed by atoms with Crippen molar-refractivity contribution in [1.29, 1.82) is 0 Å². The third kappa shape index (κ3) is 4.17. The van der Waals surface area contributed by atoms with Crippen LogP contribution in [0, 0.1) is 12.7 Å². The molecular weight excluding hydrogens is 428 g/mol. The molecular formula is C18H17ClF4N6O. The van der Waals surface area contributed by atoms with Gasteiger partial charge in [-0.25, -0.2) is 25.2 Å². The Morgan fingerprint density at radius 2 is 2.03 bits per heavy atom. The number of carbonyl (C=O) groups excluding carboxylic acids is 1. The van der Waals surface area contributed by atoms with Gasteiger partial charge in [-0.1, -0.05) is 17.7 Å². The van der Waals surface area contributed by atoms with E-state index in [1.54, 1.807) is 0 Å². The number of carbonyl (C=O) groups is 1. The largest absolute Gasteiger partial charge is 0.417 e. The van der Waals surface area contributed by atoms with E-state index in [2.05, 4.69) is 9.97 Å². The van der Waals surface area contributed by atoms with Gasteiger partial charge >= 0.3 is 6.18 Å². The van der Waals surface area contributed by atoms with Crippen LogP contribution in [-0.2, 0) is 6.18 Å². The van der Waals surface area contributed by atoms with Crippen molar-refractivity contribution < 1.29 is 22.4 Å². The van der Waals surface area contributed by atoms with Crippen LogP contribution < -0.4 is 16.6 Å². The van der Waals surface area contributed by atoms with Crippen molar-refractivity contribution >= 4 is 23.5 Å². The van der Waals surface area contributed by atoms with E-state index in [0.29, 0.717) is 5.70 Å². The fraction of sp³-hybridized carbons (Fsp3) is 0.278. The number of aryl methyl sites for hydroxylation is 1. The van der Waals surface area contributed by atoms with Gasteiger partial charge in [-0.2, -0.15) is 13.2 Å². The van der Waals surface area contributed by atoms with Gasteiger partial charge in [0.05, 0.1) is 40.3 Å². The van der Waals surface area contributed by atoms with Gasteiger partial charge in [0.25, 0.3) is 5.91 Å². The van der Waals surface area contributed by atoms with Crippen LogP contribution in [0.25, 0.3) is 0 Å². The van der Waals surface area contributed by atoms with E-state index in [1.165, 1.54) is 17.9 Å². The van der Waals surface area contributed by atoms with Gasteiger partial charge in [0.15, 0.2) is 5.82 Å². The zero-order valence-corrected chi connectivity index (χ0v) is 16.4. The van der Waals surface area contributed by atoms with Crippen molar-refractivity contribution in [1.82, 2.24) is 14.9 Å². The fourth-order valence-corrected chi connectivity index (χ4v) is 3.30. The second kappa shape index (κ2) is 8.07. The van der Waals surface area contributed by atoms with Gasteiger partial charge in [0, 0.05) is 18.7 Å². The Balaban J connectivity index is 1.83. The highest BCUT2D eigenvalue weighted by Gasteiger charge is 2.36. The number of amides is 1. The number of nitrogens with zero attached hydrogens (tertiary/aromatic N) is 4. The number of hydrazine groups is 1. The lowest BCUT2D eigenvalue weighted by atomic mass is 10.1. The van der Waals surface area contributed by atoms with E-state index in [9.17, 15) is 22.4 Å². The molecule has 0 bridgehead atoms. The lowest BCUT2D eigenvalue weighted by Crippen LogP contribution is -2.44. The molecule has 7 nitrogen and oxygen atoms in total. The zero-order valence-electron chi connectivity index (χ0n) is 15.7. The van der Waals surface area contributed by atoms with Crippen molar-refractivity contribution in [3.63, 3.8) is 0 Å². The summed E-state index contributed by atoms with van der Waals surface area (Å²) < 4.78 is 52.5. The van der Waals surface area contributed by atoms with Crippen LogP contribution in [0.4, 0.5) is 23.5 Å². The van der Waals surface area contributed by atoms with Crippen LogP contribution in [0.3, 0.4) is 0 Å². The predicted molar refractivity (Wildman–Crippen MR) is 102 cm³/mol. The van der Waals surface area contributed by atoms with Crippen molar-refractivity contribution in [2.45, 2.75) is 19.5 Å². The summed E-state index contributed by atoms with van der Waals surface area (Å²) >= 11 is 5.84. The summed E-state index contributed by atoms with van der Waals surface area (Å²) in [5.74, 6) is 4.74. The summed E-state index contributed by atoms with van der Waals surface area (Å²) in [6.45, 7) is 1.48. The molecule has 1 amide bonds. The van der Waals surface area contributed by atoms with Gasteiger partial charge < -0.3 is 10.6 Å². The fourth-order valence-electron chi connectivity index (χ4n) is 2.99. The van der Waals surface area contributed by atoms with Crippen LogP contribution >= 0.6 is 11.6 Å². The maximum atomic E-state index is 13.4. The Morgan fingerprint density at radius 3 is 2.63 bits per heavy atom. The number of rotatable bonds is 3. The standard InChI is InChI=1S/C18H17ClF4N6O/c1-9-12(20)7-26-17(27-9)29(25)14-5-6-28(8-13(14)24)16(30)10-3-2-4-11(15(10)19)18(21,22)23/h2-4,7H,5-6,8,24-25H2,1H3. The smallest absolute Gasteiger partial charge is 0.399 e. The van der Waals surface area contributed by atoms with Gasteiger partial charge in [-0.05, 0) is 19.1 Å². The van der Waals surface area contributed by atoms with Crippen LogP contribution in [0.5, 0.6) is 0 Å². The molecule has 0 fully saturated rings. The highest BCUT2D eigenvalue weighted by Crippen LogP contribution is 2.36. The minimum Gasteiger partial charge on any atom is -0.399 e. The summed E-state index contributed by atoms with van der Waals surface area (Å²) in [5.41, 5.74) is 5.40. The number of alkyl halides is 3. The molecule has 0 radical (unpaired) electrons. The molecule has 0 atom stereocenters. The van der Waals surface area contributed by atoms with E-state index in [0.717, 1.165) is 23.3 Å². The summed E-state index contributed by atoms with van der Waals surface area (Å²) in [6, 6.07) is 3.14. The molecule has 3 rings (SSSR count). The monoisotopic (exact) mass is 444 g/mol. The average molecular weight is 445 g/mol. The van der Waals surface area contributed by atoms with Crippen LogP contribution in [-0.4, -0.2) is 33.9 Å². The molecule has 0 saturated heterocycles. The number of halogens is 5. The van der Waals surface area contributed by atoms with Gasteiger partial charge in [0.2, 0.25) is 5.95 Å². The second-order valence-corrected chi connectivity index (χ2v) is 6.96. The van der Waals surface area contributed by atoms with Crippen LogP contribution in [0.15, 0.2) is 35.8 Å². The molecule has 0 aliphatic carbocycles. The van der Waals surface area contributed by atoms with E-state index in [-0.39, 0.29) is 42.4 Å². The second-order valence-electron chi connectivity index (χ2n) is 6.59. The van der Waals surface area contributed by atoms with Crippen molar-refractivity contribution in [3.05, 3.63) is 63.5 Å². The molecule has 1 aromatic heterocycles. The first kappa shape index (κ1) is 21.8. The number of nitrogens with two attached hydrogens (primary N) is 2. The summed E-state index contributed by atoms with van der Waals surface area (Å²) in [6.07, 6.45) is -3.53. The molecule has 4 N–H and O–H groups in total. The van der Waals surface area contributed by atoms with Crippen molar-refractivity contribution in [2.75, 3.05) is 18.1 Å². The Bertz CT molecular complexity index is 1030. The molecule has 0 unspecified atom stereocenters. The van der Waals surface area contributed by atoms with Gasteiger partial charge in [-0.3, -0.25) is 4.79 Å². The molecule has 2 aromatic rings. The number of benzene rings is 1. The van der Waals surface area contributed by atoms with Gasteiger partial charge in [-0.15, -0.1) is 0 Å². The highest BCUT2D eigenvalue weighted by molar-refractivity contribution is 6.34. The molecule has 1 aliphatic rings. The zero-order chi connectivity index (χ0) is 22.2. The Morgan fingerprint density at radius 1 is 1.33 bits per heavy atom. The molecule has 1 aliphatic heterocycles. The molecule has 12 heteroatoms. The SMILES string of the molecule is Cc1nc(N(N)C2=C(N)CN(C(=O)c3cccc(C(F)(F)F)c3Cl)CC2)ncc1F. The number of hydrogen-bond acceptors (Lipinski definition) is 6. The Labute approximate surface area is 173 Å². The predicted octanol–water partition coefficient (Wildman–Crippen LogP) is 2.99. The Hall–Kier alpha value is -2.92. The average Bonchev–Trinajstić information content (AvgIpc) is 2.68. The summed E-state index contributed by atoms with van der Waals surface area (Å²) in [5, 5.41) is 0.430. The molecule has 160 valence electrons. The van der Waals surface area contributed by atoms with Gasteiger partial charge in [0.1, 0.15) is 0 Å². The number of aromatic nitrogens is 2. The number of hydrogen-bond donors (Lipinski definition) is 2. The number of anilines is 1. The lowest BCUT2D eigenvalue weighted by Gasteiger charge is -2.32. The normalized spacial score (nSPS) is 14.8.